The molecule has 3 atom stereocenters. The van der Waals surface area contributed by atoms with Gasteiger partial charge in [-0.1, -0.05) is 20.8 Å². The van der Waals surface area contributed by atoms with E-state index in [-0.39, 0.29) is 6.42 Å². The minimum Gasteiger partial charge on any atom is -0.479 e. The first-order chi connectivity index (χ1) is 7.52. The number of aliphatic carboxylic acids is 1. The van der Waals surface area contributed by atoms with Crippen LogP contribution in [0.3, 0.4) is 0 Å². The average Bonchev–Trinajstić information content (AvgIpc) is 2.38. The molecule has 0 saturated carbocycles. The van der Waals surface area contributed by atoms with E-state index in [1.165, 1.54) is 6.92 Å². The standard InChI is InChI=1S/C11H19NO5/c1-10(2,3)6-5-7(13)12(9(16)17)11(6,4)8(14)15/h6-7,13H,5H2,1-4H3,(H,14,15)(H,16,17)/t6?,7?,11-/m0/s1. The monoisotopic (exact) mass is 245 g/mol. The van der Waals surface area contributed by atoms with Crippen molar-refractivity contribution in [3.8, 4) is 0 Å². The molecule has 1 aliphatic rings. The highest BCUT2D eigenvalue weighted by Gasteiger charge is 2.60. The Hall–Kier alpha value is -1.30. The molecule has 2 unspecified atom stereocenters. The van der Waals surface area contributed by atoms with Crippen molar-refractivity contribution in [1.29, 1.82) is 0 Å². The van der Waals surface area contributed by atoms with E-state index >= 15 is 0 Å². The second kappa shape index (κ2) is 3.87. The highest BCUT2D eigenvalue weighted by molar-refractivity contribution is 5.85. The number of carboxylic acid groups (broad SMARTS) is 2. The van der Waals surface area contributed by atoms with Crippen LogP contribution in [0.2, 0.25) is 0 Å². The summed E-state index contributed by atoms with van der Waals surface area (Å²) in [6.07, 6.45) is -2.54. The Balaban J connectivity index is 3.29. The normalized spacial score (nSPS) is 33.8. The van der Waals surface area contributed by atoms with Crippen molar-refractivity contribution >= 4 is 12.1 Å². The maximum Gasteiger partial charge on any atom is 0.410 e. The number of hydrogen-bond acceptors (Lipinski definition) is 3. The zero-order valence-electron chi connectivity index (χ0n) is 10.5. The van der Waals surface area contributed by atoms with Gasteiger partial charge in [0.15, 0.2) is 0 Å². The molecule has 0 aliphatic carbocycles. The second-order valence-electron chi connectivity index (χ2n) is 5.74. The summed E-state index contributed by atoms with van der Waals surface area (Å²) in [6.45, 7) is 6.89. The van der Waals surface area contributed by atoms with Crippen molar-refractivity contribution in [2.24, 2.45) is 11.3 Å². The van der Waals surface area contributed by atoms with Gasteiger partial charge in [-0.15, -0.1) is 0 Å². The maximum atomic E-state index is 11.4. The third-order valence-corrected chi connectivity index (χ3v) is 3.61. The Morgan fingerprint density at radius 2 is 1.76 bits per heavy atom. The van der Waals surface area contributed by atoms with E-state index in [1.807, 2.05) is 20.8 Å². The van der Waals surface area contributed by atoms with E-state index in [9.17, 15) is 19.8 Å². The van der Waals surface area contributed by atoms with Gasteiger partial charge in [0, 0.05) is 5.92 Å². The van der Waals surface area contributed by atoms with Gasteiger partial charge in [-0.3, -0.25) is 4.90 Å². The van der Waals surface area contributed by atoms with Crippen LogP contribution in [0, 0.1) is 11.3 Å². The largest absolute Gasteiger partial charge is 0.479 e. The number of amides is 1. The van der Waals surface area contributed by atoms with Gasteiger partial charge in [-0.25, -0.2) is 9.59 Å². The lowest BCUT2D eigenvalue weighted by atomic mass is 9.70. The SMILES string of the molecule is CC(C)(C)C1CC(O)N(C(=O)O)[C@]1(C)C(=O)O. The fourth-order valence-corrected chi connectivity index (χ4v) is 2.80. The van der Waals surface area contributed by atoms with Gasteiger partial charge in [0.05, 0.1) is 0 Å². The molecule has 0 aromatic heterocycles. The lowest BCUT2D eigenvalue weighted by molar-refractivity contribution is -0.154. The first-order valence-electron chi connectivity index (χ1n) is 5.46. The van der Waals surface area contributed by atoms with Gasteiger partial charge in [-0.2, -0.15) is 0 Å². The molecule has 3 N–H and O–H groups in total. The Morgan fingerprint density at radius 3 is 2.06 bits per heavy atom. The van der Waals surface area contributed by atoms with E-state index in [0.717, 1.165) is 0 Å². The lowest BCUT2D eigenvalue weighted by Gasteiger charge is -2.39. The van der Waals surface area contributed by atoms with Crippen LogP contribution in [0.25, 0.3) is 0 Å². The van der Waals surface area contributed by atoms with E-state index in [0.29, 0.717) is 4.90 Å². The second-order valence-corrected chi connectivity index (χ2v) is 5.74. The molecule has 6 heteroatoms. The highest BCUT2D eigenvalue weighted by atomic mass is 16.4. The number of rotatable bonds is 1. The maximum absolute atomic E-state index is 11.4. The van der Waals surface area contributed by atoms with E-state index in [2.05, 4.69) is 0 Å². The van der Waals surface area contributed by atoms with E-state index < -0.39 is 35.2 Å². The quantitative estimate of drug-likeness (QED) is 0.644. The molecule has 1 heterocycles. The molecular weight excluding hydrogens is 226 g/mol. The summed E-state index contributed by atoms with van der Waals surface area (Å²) in [7, 11) is 0. The molecule has 98 valence electrons. The molecule has 1 saturated heterocycles. The number of aliphatic hydroxyl groups is 1. The first kappa shape index (κ1) is 13.8. The molecule has 1 fully saturated rings. The van der Waals surface area contributed by atoms with Crippen molar-refractivity contribution in [3.05, 3.63) is 0 Å². The van der Waals surface area contributed by atoms with Crippen LogP contribution in [0.1, 0.15) is 34.1 Å². The van der Waals surface area contributed by atoms with Crippen LogP contribution in [-0.4, -0.2) is 44.0 Å². The smallest absolute Gasteiger partial charge is 0.410 e. The molecule has 0 aromatic rings. The topological polar surface area (TPSA) is 98.1 Å². The summed E-state index contributed by atoms with van der Waals surface area (Å²) in [5, 5.41) is 28.1. The third-order valence-electron chi connectivity index (χ3n) is 3.61. The van der Waals surface area contributed by atoms with Crippen LogP contribution in [0.15, 0.2) is 0 Å². The molecule has 0 spiro atoms. The molecule has 1 amide bonds. The van der Waals surface area contributed by atoms with Crippen molar-refractivity contribution in [3.63, 3.8) is 0 Å². The summed E-state index contributed by atoms with van der Waals surface area (Å²) in [6, 6.07) is 0. The Bertz CT molecular complexity index is 348. The predicted molar refractivity (Wildman–Crippen MR) is 59.5 cm³/mol. The van der Waals surface area contributed by atoms with Gasteiger partial charge in [0.25, 0.3) is 0 Å². The summed E-state index contributed by atoms with van der Waals surface area (Å²) < 4.78 is 0. The predicted octanol–water partition coefficient (Wildman–Crippen LogP) is 1.19. The third kappa shape index (κ3) is 1.97. The lowest BCUT2D eigenvalue weighted by Crippen LogP contribution is -2.57. The number of likely N-dealkylation sites (tertiary alicyclic amines) is 1. The fraction of sp³-hybridized carbons (Fsp3) is 0.818. The highest BCUT2D eigenvalue weighted by Crippen LogP contribution is 2.47. The summed E-state index contributed by atoms with van der Waals surface area (Å²) >= 11 is 0. The minimum atomic E-state index is -1.59. The summed E-state index contributed by atoms with van der Waals surface area (Å²) in [5.41, 5.74) is -2.00. The van der Waals surface area contributed by atoms with E-state index in [4.69, 9.17) is 5.11 Å². The van der Waals surface area contributed by atoms with Crippen molar-refractivity contribution in [2.75, 3.05) is 0 Å². The zero-order valence-corrected chi connectivity index (χ0v) is 10.5. The minimum absolute atomic E-state index is 0.138. The van der Waals surface area contributed by atoms with Crippen molar-refractivity contribution < 1.29 is 24.9 Å². The summed E-state index contributed by atoms with van der Waals surface area (Å²) in [4.78, 5) is 23.2. The van der Waals surface area contributed by atoms with E-state index in [1.54, 1.807) is 0 Å². The number of carboxylic acids is 1. The Morgan fingerprint density at radius 1 is 1.29 bits per heavy atom. The van der Waals surface area contributed by atoms with Gasteiger partial charge >= 0.3 is 12.1 Å². The molecule has 0 aromatic carbocycles. The number of hydrogen-bond donors (Lipinski definition) is 3. The van der Waals surface area contributed by atoms with Gasteiger partial charge in [0.1, 0.15) is 11.8 Å². The van der Waals surface area contributed by atoms with Gasteiger partial charge in [0.2, 0.25) is 0 Å². The van der Waals surface area contributed by atoms with Crippen LogP contribution < -0.4 is 0 Å². The van der Waals surface area contributed by atoms with Gasteiger partial charge < -0.3 is 15.3 Å². The summed E-state index contributed by atoms with van der Waals surface area (Å²) in [5.74, 6) is -1.67. The molecule has 17 heavy (non-hydrogen) atoms. The molecular formula is C11H19NO5. The number of nitrogens with zero attached hydrogens (tertiary/aromatic N) is 1. The average molecular weight is 245 g/mol. The molecule has 0 radical (unpaired) electrons. The zero-order chi connectivity index (χ0) is 13.6. The fourth-order valence-electron chi connectivity index (χ4n) is 2.80. The molecule has 6 nitrogen and oxygen atoms in total. The first-order valence-corrected chi connectivity index (χ1v) is 5.46. The molecule has 1 aliphatic heterocycles. The van der Waals surface area contributed by atoms with Crippen LogP contribution >= 0.6 is 0 Å². The number of aliphatic hydroxyl groups excluding tert-OH is 1. The molecule has 0 bridgehead atoms. The van der Waals surface area contributed by atoms with Crippen LogP contribution in [-0.2, 0) is 4.79 Å². The van der Waals surface area contributed by atoms with Crippen molar-refractivity contribution in [2.45, 2.75) is 45.9 Å². The van der Waals surface area contributed by atoms with Gasteiger partial charge in [-0.05, 0) is 18.8 Å². The Kier molecular flexibility index (Phi) is 3.13. The molecule has 1 rings (SSSR count). The Labute approximate surface area is 99.8 Å². The van der Waals surface area contributed by atoms with Crippen LogP contribution in [0.4, 0.5) is 4.79 Å². The number of carbonyl (C=O) groups is 2. The van der Waals surface area contributed by atoms with Crippen molar-refractivity contribution in [1.82, 2.24) is 4.90 Å². The van der Waals surface area contributed by atoms with Crippen LogP contribution in [0.5, 0.6) is 0 Å².